The summed E-state index contributed by atoms with van der Waals surface area (Å²) in [4.78, 5) is 24.0. The molecular formula is C25H25NO5. The number of hydrogen-bond donors (Lipinski definition) is 1. The summed E-state index contributed by atoms with van der Waals surface area (Å²) in [5.74, 6) is 0.334. The van der Waals surface area contributed by atoms with Crippen LogP contribution in [0.25, 0.3) is 0 Å². The van der Waals surface area contributed by atoms with Crippen molar-refractivity contribution in [1.29, 1.82) is 0 Å². The van der Waals surface area contributed by atoms with Crippen LogP contribution in [0.3, 0.4) is 0 Å². The maximum absolute atomic E-state index is 12.0. The van der Waals surface area contributed by atoms with Gasteiger partial charge in [-0.25, -0.2) is 4.79 Å². The Labute approximate surface area is 181 Å². The summed E-state index contributed by atoms with van der Waals surface area (Å²) >= 11 is 0. The zero-order valence-electron chi connectivity index (χ0n) is 17.4. The first kappa shape index (κ1) is 21.9. The van der Waals surface area contributed by atoms with Crippen LogP contribution in [0.15, 0.2) is 78.9 Å². The van der Waals surface area contributed by atoms with Gasteiger partial charge in [0.05, 0.1) is 7.11 Å². The monoisotopic (exact) mass is 419 g/mol. The molecule has 0 unspecified atom stereocenters. The van der Waals surface area contributed by atoms with E-state index in [4.69, 9.17) is 14.2 Å². The second kappa shape index (κ2) is 11.4. The molecule has 0 aliphatic carbocycles. The van der Waals surface area contributed by atoms with Gasteiger partial charge in [-0.3, -0.25) is 4.79 Å². The van der Waals surface area contributed by atoms with Crippen LogP contribution >= 0.6 is 0 Å². The van der Waals surface area contributed by atoms with Gasteiger partial charge in [0.25, 0.3) is 5.91 Å². The molecular weight excluding hydrogens is 394 g/mol. The summed E-state index contributed by atoms with van der Waals surface area (Å²) in [5, 5.41) is 2.70. The average molecular weight is 419 g/mol. The van der Waals surface area contributed by atoms with Crippen LogP contribution in [0.5, 0.6) is 11.5 Å². The molecule has 1 N–H and O–H groups in total. The van der Waals surface area contributed by atoms with E-state index in [1.165, 1.54) is 0 Å². The number of benzene rings is 3. The minimum atomic E-state index is -0.606. The first-order chi connectivity index (χ1) is 15.1. The lowest BCUT2D eigenvalue weighted by Crippen LogP contribution is -2.29. The quantitative estimate of drug-likeness (QED) is 0.509. The summed E-state index contributed by atoms with van der Waals surface area (Å²) in [6.45, 7) is -0.316. The smallest absolute Gasteiger partial charge is 0.344 e. The fraction of sp³-hybridized carbons (Fsp3) is 0.200. The van der Waals surface area contributed by atoms with E-state index in [0.717, 1.165) is 16.7 Å². The summed E-state index contributed by atoms with van der Waals surface area (Å²) < 4.78 is 15.8. The van der Waals surface area contributed by atoms with Crippen molar-refractivity contribution in [2.75, 3.05) is 20.3 Å². The Bertz CT molecular complexity index is 1000. The maximum Gasteiger partial charge on any atom is 0.344 e. The minimum Gasteiger partial charge on any atom is -0.497 e. The number of ether oxygens (including phenoxy) is 3. The van der Waals surface area contributed by atoms with Gasteiger partial charge in [-0.1, -0.05) is 60.7 Å². The maximum atomic E-state index is 12.0. The number of methoxy groups -OCH3 is 1. The van der Waals surface area contributed by atoms with Crippen LogP contribution in [0.1, 0.15) is 16.7 Å². The van der Waals surface area contributed by atoms with Crippen molar-refractivity contribution in [3.63, 3.8) is 0 Å². The van der Waals surface area contributed by atoms with E-state index in [1.54, 1.807) is 7.11 Å². The van der Waals surface area contributed by atoms with E-state index in [9.17, 15) is 9.59 Å². The van der Waals surface area contributed by atoms with Crippen molar-refractivity contribution in [2.24, 2.45) is 0 Å². The van der Waals surface area contributed by atoms with Crippen molar-refractivity contribution < 1.29 is 23.8 Å². The Morgan fingerprint density at radius 2 is 1.58 bits per heavy atom. The van der Waals surface area contributed by atoms with Crippen LogP contribution in [-0.2, 0) is 27.3 Å². The number of rotatable bonds is 10. The first-order valence-corrected chi connectivity index (χ1v) is 9.94. The fourth-order valence-corrected chi connectivity index (χ4v) is 2.96. The lowest BCUT2D eigenvalue weighted by molar-refractivity contribution is -0.150. The largest absolute Gasteiger partial charge is 0.497 e. The van der Waals surface area contributed by atoms with Gasteiger partial charge in [-0.05, 0) is 34.9 Å². The van der Waals surface area contributed by atoms with Crippen molar-refractivity contribution in [2.45, 2.75) is 13.0 Å². The van der Waals surface area contributed by atoms with Gasteiger partial charge >= 0.3 is 5.97 Å². The second-order valence-electron chi connectivity index (χ2n) is 6.85. The molecule has 3 rings (SSSR count). The number of amides is 1. The van der Waals surface area contributed by atoms with Crippen LogP contribution in [-0.4, -0.2) is 32.2 Å². The van der Waals surface area contributed by atoms with Crippen LogP contribution in [0.2, 0.25) is 0 Å². The molecule has 3 aromatic carbocycles. The summed E-state index contributed by atoms with van der Waals surface area (Å²) in [5.41, 5.74) is 3.00. The van der Waals surface area contributed by atoms with Crippen LogP contribution in [0, 0.1) is 0 Å². The van der Waals surface area contributed by atoms with Crippen LogP contribution < -0.4 is 14.8 Å². The number of carbonyl (C=O) groups excluding carboxylic acids is 2. The molecule has 1 amide bonds. The number of carbonyl (C=O) groups is 2. The highest BCUT2D eigenvalue weighted by Crippen LogP contribution is 2.21. The standard InChI is InChI=1S/C25H25NO5/c1-29-22-12-7-10-20(15-22)16-26-24(27)17-31-25(28)18-30-23-13-6-5-11-21(23)14-19-8-3-2-4-9-19/h2-13,15H,14,16-18H2,1H3,(H,26,27). The predicted molar refractivity (Wildman–Crippen MR) is 117 cm³/mol. The van der Waals surface area contributed by atoms with Gasteiger partial charge in [0.2, 0.25) is 0 Å². The summed E-state index contributed by atoms with van der Waals surface area (Å²) in [7, 11) is 1.58. The number of esters is 1. The van der Waals surface area contributed by atoms with Crippen molar-refractivity contribution in [3.8, 4) is 11.5 Å². The normalized spacial score (nSPS) is 10.2. The van der Waals surface area contributed by atoms with Gasteiger partial charge in [0.15, 0.2) is 13.2 Å². The van der Waals surface area contributed by atoms with E-state index in [0.29, 0.717) is 24.5 Å². The average Bonchev–Trinajstić information content (AvgIpc) is 2.81. The molecule has 3 aromatic rings. The molecule has 0 aliphatic heterocycles. The molecule has 0 spiro atoms. The Morgan fingerprint density at radius 1 is 0.839 bits per heavy atom. The van der Waals surface area contributed by atoms with Crippen LogP contribution in [0.4, 0.5) is 0 Å². The fourth-order valence-electron chi connectivity index (χ4n) is 2.96. The highest BCUT2D eigenvalue weighted by atomic mass is 16.6. The van der Waals surface area contributed by atoms with Crippen molar-refractivity contribution >= 4 is 11.9 Å². The lowest BCUT2D eigenvalue weighted by Gasteiger charge is -2.12. The molecule has 31 heavy (non-hydrogen) atoms. The SMILES string of the molecule is COc1cccc(CNC(=O)COC(=O)COc2ccccc2Cc2ccccc2)c1. The van der Waals surface area contributed by atoms with Gasteiger partial charge in [0, 0.05) is 13.0 Å². The van der Waals surface area contributed by atoms with E-state index in [1.807, 2.05) is 78.9 Å². The van der Waals surface area contributed by atoms with E-state index >= 15 is 0 Å². The summed E-state index contributed by atoms with van der Waals surface area (Å²) in [6, 6.07) is 24.9. The Balaban J connectivity index is 1.42. The third kappa shape index (κ3) is 7.19. The molecule has 0 aromatic heterocycles. The molecule has 0 radical (unpaired) electrons. The van der Waals surface area contributed by atoms with Gasteiger partial charge < -0.3 is 19.5 Å². The van der Waals surface area contributed by atoms with Gasteiger partial charge in [-0.2, -0.15) is 0 Å². The van der Waals surface area contributed by atoms with Crippen molar-refractivity contribution in [3.05, 3.63) is 95.6 Å². The highest BCUT2D eigenvalue weighted by molar-refractivity contribution is 5.80. The second-order valence-corrected chi connectivity index (χ2v) is 6.85. The molecule has 0 fully saturated rings. The molecule has 6 nitrogen and oxygen atoms in total. The zero-order chi connectivity index (χ0) is 21.9. The van der Waals surface area contributed by atoms with E-state index in [2.05, 4.69) is 5.32 Å². The van der Waals surface area contributed by atoms with Crippen molar-refractivity contribution in [1.82, 2.24) is 5.32 Å². The van der Waals surface area contributed by atoms with Gasteiger partial charge in [0.1, 0.15) is 11.5 Å². The summed E-state index contributed by atoms with van der Waals surface area (Å²) in [6.07, 6.45) is 0.693. The lowest BCUT2D eigenvalue weighted by atomic mass is 10.0. The molecule has 6 heteroatoms. The molecule has 0 atom stereocenters. The number of para-hydroxylation sites is 1. The Morgan fingerprint density at radius 3 is 2.39 bits per heavy atom. The topological polar surface area (TPSA) is 73.9 Å². The number of nitrogens with one attached hydrogen (secondary N) is 1. The molecule has 0 saturated carbocycles. The molecule has 160 valence electrons. The van der Waals surface area contributed by atoms with Gasteiger partial charge in [-0.15, -0.1) is 0 Å². The number of hydrogen-bond acceptors (Lipinski definition) is 5. The minimum absolute atomic E-state index is 0.269. The molecule has 0 bridgehead atoms. The third-order valence-electron chi connectivity index (χ3n) is 4.54. The van der Waals surface area contributed by atoms with E-state index in [-0.39, 0.29) is 19.1 Å². The van der Waals surface area contributed by atoms with E-state index < -0.39 is 5.97 Å². The molecule has 0 saturated heterocycles. The Kier molecular flexibility index (Phi) is 8.05. The Hall–Kier alpha value is -3.80. The predicted octanol–water partition coefficient (Wildman–Crippen LogP) is 3.52. The highest BCUT2D eigenvalue weighted by Gasteiger charge is 2.11. The first-order valence-electron chi connectivity index (χ1n) is 9.94. The zero-order valence-corrected chi connectivity index (χ0v) is 17.4. The molecule has 0 aliphatic rings. The molecule has 0 heterocycles. The third-order valence-corrected chi connectivity index (χ3v) is 4.54.